The Balaban J connectivity index is 1.24. The lowest BCUT2D eigenvalue weighted by Gasteiger charge is -2.27. The first-order valence-electron chi connectivity index (χ1n) is 15.7. The van der Waals surface area contributed by atoms with E-state index in [0.717, 1.165) is 0 Å². The molecule has 3 heterocycles. The molecule has 0 amide bonds. The third-order valence-electron chi connectivity index (χ3n) is 9.01. The molecule has 2 fully saturated rings. The van der Waals surface area contributed by atoms with Crippen LogP contribution >= 0.6 is 19.3 Å². The van der Waals surface area contributed by atoms with Gasteiger partial charge in [-0.2, -0.15) is 15.1 Å². The van der Waals surface area contributed by atoms with Crippen molar-refractivity contribution in [3.8, 4) is 5.75 Å². The van der Waals surface area contributed by atoms with E-state index < -0.39 is 61.0 Å². The summed E-state index contributed by atoms with van der Waals surface area (Å²) >= 11 is 6.27. The maximum absolute atomic E-state index is 16.9. The predicted octanol–water partition coefficient (Wildman–Crippen LogP) is 6.09. The number of carbonyl (C=O) groups is 1. The van der Waals surface area contributed by atoms with Crippen LogP contribution in [0.2, 0.25) is 5.28 Å². The summed E-state index contributed by atoms with van der Waals surface area (Å²) in [5.74, 6) is -1.17. The molecule has 7 atom stereocenters. The minimum Gasteiger partial charge on any atom is -0.462 e. The van der Waals surface area contributed by atoms with Crippen molar-refractivity contribution >= 4 is 48.0 Å². The summed E-state index contributed by atoms with van der Waals surface area (Å²) in [4.78, 5) is 25.5. The number of alkyl halides is 1. The van der Waals surface area contributed by atoms with E-state index in [-0.39, 0.29) is 47.6 Å². The van der Waals surface area contributed by atoms with Crippen LogP contribution in [0.3, 0.4) is 0 Å². The highest BCUT2D eigenvalue weighted by Gasteiger charge is 2.84. The number of esters is 1. The Morgan fingerprint density at radius 2 is 1.88 bits per heavy atom. The Bertz CT molecular complexity index is 1870. The number of hydrogen-bond acceptors (Lipinski definition) is 11. The molecule has 17 heteroatoms. The number of ether oxygens (including phenoxy) is 2. The first-order valence-corrected chi connectivity index (χ1v) is 17.6. The third-order valence-corrected chi connectivity index (χ3v) is 10.8. The van der Waals surface area contributed by atoms with E-state index in [1.807, 2.05) is 0 Å². The van der Waals surface area contributed by atoms with Crippen molar-refractivity contribution in [1.82, 2.24) is 24.6 Å². The average Bonchev–Trinajstić information content (AvgIpc) is 3.25. The Labute approximate surface area is 286 Å². The van der Waals surface area contributed by atoms with Crippen molar-refractivity contribution in [1.29, 1.82) is 0 Å². The van der Waals surface area contributed by atoms with Gasteiger partial charge in [0.25, 0.3) is 0 Å². The molecule has 0 spiro atoms. The van der Waals surface area contributed by atoms with Gasteiger partial charge >= 0.3 is 13.7 Å². The van der Waals surface area contributed by atoms with Gasteiger partial charge in [0.05, 0.1) is 24.6 Å². The summed E-state index contributed by atoms with van der Waals surface area (Å²) in [6.45, 7) is 6.53. The minimum atomic E-state index is -4.22. The highest BCUT2D eigenvalue weighted by molar-refractivity contribution is 7.52. The molecule has 2 aromatic heterocycles. The van der Waals surface area contributed by atoms with Gasteiger partial charge in [0.1, 0.15) is 17.6 Å². The molecule has 2 aliphatic rings. The third kappa shape index (κ3) is 6.63. The second-order valence-electron chi connectivity index (χ2n) is 12.5. The van der Waals surface area contributed by atoms with Crippen molar-refractivity contribution in [2.24, 2.45) is 17.1 Å². The summed E-state index contributed by atoms with van der Waals surface area (Å²) in [5.41, 5.74) is 4.81. The van der Waals surface area contributed by atoms with Gasteiger partial charge in [-0.25, -0.2) is 18.3 Å². The SMILES string of the molecule is CC(C)OC(=O)[C@H](C)NP(=O)(OC[C@H]1C2(C)O[C@@H](n3cnc4c(Nc5ccc(F)cc5)nc(Cl)nc43)C(F)C12CCN)Oc1ccccc1. The molecule has 1 aliphatic carbocycles. The van der Waals surface area contributed by atoms with Gasteiger partial charge in [-0.3, -0.25) is 13.9 Å². The molecule has 4 aromatic rings. The highest BCUT2D eigenvalue weighted by Crippen LogP contribution is 2.76. The van der Waals surface area contributed by atoms with E-state index >= 15 is 4.39 Å². The van der Waals surface area contributed by atoms with Crippen molar-refractivity contribution in [2.45, 2.75) is 64.3 Å². The summed E-state index contributed by atoms with van der Waals surface area (Å²) in [5, 5.41) is 5.58. The molecular formula is C32H37ClF2N7O6P. The van der Waals surface area contributed by atoms with Gasteiger partial charge in [0.2, 0.25) is 5.28 Å². The number of imidazole rings is 1. The van der Waals surface area contributed by atoms with E-state index in [9.17, 15) is 13.8 Å². The number of aromatic nitrogens is 4. The van der Waals surface area contributed by atoms with Gasteiger partial charge in [-0.1, -0.05) is 18.2 Å². The topological polar surface area (TPSA) is 165 Å². The van der Waals surface area contributed by atoms with Gasteiger partial charge in [-0.15, -0.1) is 0 Å². The zero-order valence-corrected chi connectivity index (χ0v) is 28.8. The lowest BCUT2D eigenvalue weighted by Crippen LogP contribution is -2.36. The predicted molar refractivity (Wildman–Crippen MR) is 177 cm³/mol. The zero-order chi connectivity index (χ0) is 35.1. The number of benzene rings is 2. The van der Waals surface area contributed by atoms with Crippen molar-refractivity contribution in [3.63, 3.8) is 0 Å². The molecule has 49 heavy (non-hydrogen) atoms. The normalized spacial score (nSPS) is 26.3. The molecule has 1 saturated carbocycles. The van der Waals surface area contributed by atoms with Crippen LogP contribution in [0, 0.1) is 17.2 Å². The standard InChI is InChI=1S/C32H37ClF2N7O6P/c1-18(2)46-29(43)19(3)41-49(44,48-22-8-6-5-7-9-22)45-16-23-31(4)32(23,14-15-36)25(35)28(47-31)42-17-37-24-26(39-30(33)40-27(24)42)38-21-12-10-20(34)11-13-21/h5-13,17-19,23,25,28H,14-16,36H2,1-4H3,(H,41,44)(H,38,39,40)/t19-,23-,25?,28+,31?,32?,49?/m0/s1. The lowest BCUT2D eigenvalue weighted by atomic mass is 9.91. The number of carbonyl (C=O) groups excluding carboxylic acids is 1. The molecule has 2 aromatic carbocycles. The van der Waals surface area contributed by atoms with E-state index in [4.69, 9.17) is 35.9 Å². The van der Waals surface area contributed by atoms with E-state index in [2.05, 4.69) is 25.4 Å². The maximum atomic E-state index is 16.9. The number of nitrogens with zero attached hydrogens (tertiary/aromatic N) is 4. The summed E-state index contributed by atoms with van der Waals surface area (Å²) < 4.78 is 69.3. The van der Waals surface area contributed by atoms with E-state index in [1.54, 1.807) is 51.1 Å². The van der Waals surface area contributed by atoms with Crippen molar-refractivity contribution in [2.75, 3.05) is 18.5 Å². The van der Waals surface area contributed by atoms with Crippen LogP contribution in [0.15, 0.2) is 60.9 Å². The van der Waals surface area contributed by atoms with Gasteiger partial charge < -0.3 is 25.0 Å². The molecule has 0 radical (unpaired) electrons. The quantitative estimate of drug-likeness (QED) is 0.0782. The first kappa shape index (κ1) is 35.1. The second-order valence-corrected chi connectivity index (χ2v) is 14.5. The number of halogens is 3. The maximum Gasteiger partial charge on any atom is 0.459 e. The van der Waals surface area contributed by atoms with Crippen molar-refractivity contribution < 1.29 is 36.7 Å². The molecule has 0 bridgehead atoms. The molecule has 6 rings (SSSR count). The Kier molecular flexibility index (Phi) is 9.70. The number of fused-ring (bicyclic) bond motifs is 2. The number of nitrogens with one attached hydrogen (secondary N) is 2. The molecule has 4 unspecified atom stereocenters. The monoisotopic (exact) mass is 719 g/mol. The van der Waals surface area contributed by atoms with Crippen LogP contribution < -0.4 is 20.7 Å². The van der Waals surface area contributed by atoms with Crippen LogP contribution in [0.1, 0.15) is 40.3 Å². The van der Waals surface area contributed by atoms with Gasteiger partial charge in [0, 0.05) is 17.0 Å². The Hall–Kier alpha value is -3.72. The van der Waals surface area contributed by atoms with Crippen LogP contribution in [0.25, 0.3) is 11.2 Å². The first-order chi connectivity index (χ1) is 23.3. The number of nitrogens with two attached hydrogens (primary N) is 1. The lowest BCUT2D eigenvalue weighted by molar-refractivity contribution is -0.149. The number of hydrogen-bond donors (Lipinski definition) is 3. The fourth-order valence-electron chi connectivity index (χ4n) is 6.66. The smallest absolute Gasteiger partial charge is 0.459 e. The molecule has 262 valence electrons. The average molecular weight is 720 g/mol. The Morgan fingerprint density at radius 1 is 1.16 bits per heavy atom. The largest absolute Gasteiger partial charge is 0.462 e. The second kappa shape index (κ2) is 13.5. The summed E-state index contributed by atoms with van der Waals surface area (Å²) in [6, 6.07) is 12.9. The highest BCUT2D eigenvalue weighted by atomic mass is 35.5. The van der Waals surface area contributed by atoms with E-state index in [1.165, 1.54) is 42.1 Å². The zero-order valence-electron chi connectivity index (χ0n) is 27.2. The molecule has 4 N–H and O–H groups in total. The number of anilines is 2. The van der Waals surface area contributed by atoms with Crippen LogP contribution in [-0.4, -0.2) is 62.6 Å². The van der Waals surface area contributed by atoms with Crippen LogP contribution in [0.5, 0.6) is 5.75 Å². The summed E-state index contributed by atoms with van der Waals surface area (Å²) in [7, 11) is -4.22. The van der Waals surface area contributed by atoms with Crippen molar-refractivity contribution in [3.05, 3.63) is 72.0 Å². The minimum absolute atomic E-state index is 0.125. The molecular weight excluding hydrogens is 683 g/mol. The summed E-state index contributed by atoms with van der Waals surface area (Å²) in [6.07, 6.45) is -1.57. The Morgan fingerprint density at radius 3 is 2.55 bits per heavy atom. The number of rotatable bonds is 14. The molecule has 1 saturated heterocycles. The fourth-order valence-corrected chi connectivity index (χ4v) is 8.33. The van der Waals surface area contributed by atoms with Crippen LogP contribution in [0.4, 0.5) is 20.3 Å². The number of para-hydroxylation sites is 1. The molecule has 1 aliphatic heterocycles. The van der Waals surface area contributed by atoms with Gasteiger partial charge in [0.15, 0.2) is 29.4 Å². The fraction of sp³-hybridized carbons (Fsp3) is 0.438. The van der Waals surface area contributed by atoms with Crippen LogP contribution in [-0.2, 0) is 23.4 Å². The molecule has 13 nitrogen and oxygen atoms in total. The van der Waals surface area contributed by atoms with E-state index in [0.29, 0.717) is 5.69 Å². The van der Waals surface area contributed by atoms with Gasteiger partial charge in [-0.05, 0) is 88.7 Å².